The van der Waals surface area contributed by atoms with Gasteiger partial charge in [-0.25, -0.2) is 0 Å². The van der Waals surface area contributed by atoms with E-state index in [0.717, 1.165) is 5.01 Å². The molecule has 0 saturated carbocycles. The molecule has 3 rings (SSSR count). The summed E-state index contributed by atoms with van der Waals surface area (Å²) in [6.45, 7) is 1.53. The van der Waals surface area contributed by atoms with E-state index >= 15 is 0 Å². The van der Waals surface area contributed by atoms with Crippen molar-refractivity contribution >= 4 is 35.1 Å². The molecule has 1 saturated heterocycles. The predicted molar refractivity (Wildman–Crippen MR) is 118 cm³/mol. The average molecular weight is 470 g/mol. The summed E-state index contributed by atoms with van der Waals surface area (Å²) in [6.07, 6.45) is -0.200. The molecule has 0 spiro atoms. The van der Waals surface area contributed by atoms with Crippen LogP contribution in [0, 0.1) is 16.0 Å². The van der Waals surface area contributed by atoms with Crippen LogP contribution in [0.25, 0.3) is 0 Å². The van der Waals surface area contributed by atoms with Gasteiger partial charge in [0.2, 0.25) is 5.91 Å². The Hall–Kier alpha value is -4.48. The molecule has 0 bridgehead atoms. The Morgan fingerprint density at radius 2 is 1.85 bits per heavy atom. The van der Waals surface area contributed by atoms with Crippen LogP contribution in [0.3, 0.4) is 0 Å². The van der Waals surface area contributed by atoms with Gasteiger partial charge in [0.15, 0.2) is 6.61 Å². The van der Waals surface area contributed by atoms with Crippen LogP contribution in [0.15, 0.2) is 48.5 Å². The summed E-state index contributed by atoms with van der Waals surface area (Å²) in [6, 6.07) is 11.6. The number of carbonyl (C=O) groups excluding carboxylic acids is 4. The first-order valence-corrected chi connectivity index (χ1v) is 10.3. The number of carbonyl (C=O) groups is 4. The third-order valence-electron chi connectivity index (χ3n) is 4.84. The minimum absolute atomic E-state index is 0.105. The largest absolute Gasteiger partial charge is 0.492 e. The molecule has 178 valence electrons. The molecule has 0 unspecified atom stereocenters. The molecule has 34 heavy (non-hydrogen) atoms. The summed E-state index contributed by atoms with van der Waals surface area (Å²) in [5.41, 5.74) is 2.73. The van der Waals surface area contributed by atoms with Crippen molar-refractivity contribution in [1.82, 2.24) is 10.4 Å². The lowest BCUT2D eigenvalue weighted by molar-refractivity contribution is -0.384. The van der Waals surface area contributed by atoms with E-state index in [2.05, 4.69) is 10.7 Å². The molecule has 1 heterocycles. The van der Waals surface area contributed by atoms with Crippen molar-refractivity contribution in [1.29, 1.82) is 0 Å². The zero-order valence-electron chi connectivity index (χ0n) is 18.2. The minimum atomic E-state index is -0.867. The number of nitrogens with zero attached hydrogens (tertiary/aromatic N) is 2. The number of benzene rings is 2. The van der Waals surface area contributed by atoms with E-state index in [-0.39, 0.29) is 24.2 Å². The fourth-order valence-electron chi connectivity index (χ4n) is 3.19. The molecule has 0 aromatic heterocycles. The number of anilines is 1. The zero-order chi connectivity index (χ0) is 24.7. The number of hydrogen-bond donors (Lipinski definition) is 2. The fraction of sp³-hybridized carbons (Fsp3) is 0.273. The second-order valence-electron chi connectivity index (χ2n) is 7.24. The quantitative estimate of drug-likeness (QED) is 0.318. The summed E-state index contributed by atoms with van der Waals surface area (Å²) in [4.78, 5) is 59.1. The number of amides is 3. The van der Waals surface area contributed by atoms with Crippen LogP contribution in [-0.2, 0) is 19.1 Å². The lowest BCUT2D eigenvalue weighted by Gasteiger charge is -2.17. The van der Waals surface area contributed by atoms with Gasteiger partial charge in [-0.15, -0.1) is 0 Å². The van der Waals surface area contributed by atoms with Gasteiger partial charge in [0.05, 0.1) is 29.7 Å². The molecule has 2 N–H and O–H groups in total. The number of para-hydroxylation sites is 2. The van der Waals surface area contributed by atoms with Gasteiger partial charge in [-0.1, -0.05) is 12.1 Å². The first-order valence-electron chi connectivity index (χ1n) is 10.3. The van der Waals surface area contributed by atoms with Gasteiger partial charge in [-0.2, -0.15) is 0 Å². The number of nitrogens with one attached hydrogen (secondary N) is 2. The summed E-state index contributed by atoms with van der Waals surface area (Å²) >= 11 is 0. The third-order valence-corrected chi connectivity index (χ3v) is 4.84. The van der Waals surface area contributed by atoms with Crippen LogP contribution in [0.5, 0.6) is 5.75 Å². The highest BCUT2D eigenvalue weighted by Gasteiger charge is 2.36. The molecule has 1 fully saturated rings. The third kappa shape index (κ3) is 6.06. The Morgan fingerprint density at radius 3 is 2.53 bits per heavy atom. The van der Waals surface area contributed by atoms with E-state index in [9.17, 15) is 29.3 Å². The van der Waals surface area contributed by atoms with Gasteiger partial charge in [0.1, 0.15) is 5.75 Å². The Bertz CT molecular complexity index is 1100. The molecule has 1 atom stereocenters. The van der Waals surface area contributed by atoms with Crippen molar-refractivity contribution < 1.29 is 33.6 Å². The van der Waals surface area contributed by atoms with E-state index in [1.54, 1.807) is 31.2 Å². The summed E-state index contributed by atoms with van der Waals surface area (Å²) in [7, 11) is 0. The lowest BCUT2D eigenvalue weighted by atomic mass is 10.1. The highest BCUT2D eigenvalue weighted by molar-refractivity contribution is 5.97. The number of non-ortho nitro benzene ring substituents is 1. The van der Waals surface area contributed by atoms with Crippen molar-refractivity contribution in [3.05, 3.63) is 64.2 Å². The normalized spacial score (nSPS) is 14.9. The topological polar surface area (TPSA) is 157 Å². The molecule has 3 amide bonds. The maximum absolute atomic E-state index is 12.3. The van der Waals surface area contributed by atoms with Crippen molar-refractivity contribution in [2.75, 3.05) is 25.1 Å². The maximum atomic E-state index is 12.3. The molecule has 2 aromatic carbocycles. The summed E-state index contributed by atoms with van der Waals surface area (Å²) in [5, 5.41) is 14.3. The smallest absolute Gasteiger partial charge is 0.311 e. The first-order chi connectivity index (χ1) is 16.3. The molecular weight excluding hydrogens is 448 g/mol. The van der Waals surface area contributed by atoms with Gasteiger partial charge < -0.3 is 14.8 Å². The Labute approximate surface area is 193 Å². The molecular formula is C22H22N4O8. The number of nitro groups is 1. The van der Waals surface area contributed by atoms with E-state index in [4.69, 9.17) is 9.47 Å². The fourth-order valence-corrected chi connectivity index (χ4v) is 3.19. The number of ether oxygens (including phenoxy) is 2. The number of hydrogen-bond acceptors (Lipinski definition) is 8. The van der Waals surface area contributed by atoms with Crippen LogP contribution < -0.4 is 15.5 Å². The van der Waals surface area contributed by atoms with Gasteiger partial charge in [-0.3, -0.25) is 39.7 Å². The molecule has 2 aromatic rings. The number of esters is 1. The van der Waals surface area contributed by atoms with Crippen LogP contribution in [-0.4, -0.2) is 53.4 Å². The molecule has 0 radical (unpaired) electrons. The second-order valence-corrected chi connectivity index (χ2v) is 7.24. The minimum Gasteiger partial charge on any atom is -0.492 e. The molecule has 12 nitrogen and oxygen atoms in total. The second kappa shape index (κ2) is 10.9. The van der Waals surface area contributed by atoms with Crippen molar-refractivity contribution in [3.63, 3.8) is 0 Å². The Balaban J connectivity index is 1.49. The summed E-state index contributed by atoms with van der Waals surface area (Å²) < 4.78 is 10.5. The zero-order valence-corrected chi connectivity index (χ0v) is 18.2. The number of rotatable bonds is 9. The SMILES string of the molecule is CCOc1ccccc1NC(=O)COC(=O)[C@@H]1CC(=O)N(NC(=O)c2ccc([N+](=O)[O-])cc2)C1. The van der Waals surface area contributed by atoms with Crippen LogP contribution in [0.1, 0.15) is 23.7 Å². The predicted octanol–water partition coefficient (Wildman–Crippen LogP) is 1.67. The van der Waals surface area contributed by atoms with Crippen molar-refractivity contribution in [3.8, 4) is 5.75 Å². The van der Waals surface area contributed by atoms with Gasteiger partial charge >= 0.3 is 5.97 Å². The van der Waals surface area contributed by atoms with Crippen LogP contribution in [0.4, 0.5) is 11.4 Å². The van der Waals surface area contributed by atoms with Gasteiger partial charge in [-0.05, 0) is 31.2 Å². The van der Waals surface area contributed by atoms with Gasteiger partial charge in [0, 0.05) is 24.1 Å². The number of nitro benzene ring substituents is 1. The monoisotopic (exact) mass is 470 g/mol. The maximum Gasteiger partial charge on any atom is 0.311 e. The standard InChI is InChI=1S/C22H22N4O8/c1-2-33-18-6-4-3-5-17(18)23-19(27)13-34-22(30)15-11-20(28)25(12-15)24-21(29)14-7-9-16(10-8-14)26(31)32/h3-10,15H,2,11-13H2,1H3,(H,23,27)(H,24,29)/t15-/m1/s1. The first kappa shape index (κ1) is 24.2. The van der Waals surface area contributed by atoms with E-state index in [1.165, 1.54) is 24.3 Å². The van der Waals surface area contributed by atoms with E-state index < -0.39 is 41.1 Å². The van der Waals surface area contributed by atoms with Crippen molar-refractivity contribution in [2.45, 2.75) is 13.3 Å². The molecule has 1 aliphatic rings. The lowest BCUT2D eigenvalue weighted by Crippen LogP contribution is -2.43. The van der Waals surface area contributed by atoms with Crippen LogP contribution >= 0.6 is 0 Å². The Morgan fingerprint density at radius 1 is 1.15 bits per heavy atom. The van der Waals surface area contributed by atoms with E-state index in [0.29, 0.717) is 18.0 Å². The summed E-state index contributed by atoms with van der Waals surface area (Å²) in [5.74, 6) is -2.89. The Kier molecular flexibility index (Phi) is 7.75. The van der Waals surface area contributed by atoms with Gasteiger partial charge in [0.25, 0.3) is 17.5 Å². The molecule has 12 heteroatoms. The highest BCUT2D eigenvalue weighted by Crippen LogP contribution is 2.24. The number of hydrazine groups is 1. The van der Waals surface area contributed by atoms with Crippen molar-refractivity contribution in [2.24, 2.45) is 5.92 Å². The highest BCUT2D eigenvalue weighted by atomic mass is 16.6. The molecule has 0 aliphatic carbocycles. The van der Waals surface area contributed by atoms with Crippen LogP contribution in [0.2, 0.25) is 0 Å². The van der Waals surface area contributed by atoms with E-state index in [1.807, 2.05) is 0 Å². The molecule has 1 aliphatic heterocycles. The average Bonchev–Trinajstić information content (AvgIpc) is 3.19.